The van der Waals surface area contributed by atoms with E-state index in [0.717, 1.165) is 18.4 Å². The molecular formula is C20H30N2O4S. The Morgan fingerprint density at radius 3 is 2.59 bits per heavy atom. The fourth-order valence-corrected chi connectivity index (χ4v) is 5.41. The molecule has 3 rings (SSSR count). The monoisotopic (exact) mass is 394 g/mol. The van der Waals surface area contributed by atoms with Crippen LogP contribution in [0.3, 0.4) is 0 Å². The van der Waals surface area contributed by atoms with Crippen molar-refractivity contribution in [2.24, 2.45) is 11.8 Å². The molecule has 2 aliphatic rings. The van der Waals surface area contributed by atoms with Crippen LogP contribution in [-0.4, -0.2) is 51.0 Å². The van der Waals surface area contributed by atoms with Crippen LogP contribution in [0.1, 0.15) is 49.0 Å². The average molecular weight is 395 g/mol. The Morgan fingerprint density at radius 2 is 1.89 bits per heavy atom. The number of ether oxygens (including phenoxy) is 1. The molecule has 0 unspecified atom stereocenters. The van der Waals surface area contributed by atoms with Gasteiger partial charge in [-0.15, -0.1) is 0 Å². The van der Waals surface area contributed by atoms with Crippen molar-refractivity contribution in [2.45, 2.75) is 51.0 Å². The van der Waals surface area contributed by atoms with Crippen LogP contribution in [-0.2, 0) is 14.8 Å². The topological polar surface area (TPSA) is 75.7 Å². The van der Waals surface area contributed by atoms with Crippen molar-refractivity contribution in [3.63, 3.8) is 0 Å². The van der Waals surface area contributed by atoms with Crippen LogP contribution in [0, 0.1) is 18.8 Å². The van der Waals surface area contributed by atoms with Gasteiger partial charge < -0.3 is 10.1 Å². The van der Waals surface area contributed by atoms with Crippen LogP contribution < -0.4 is 5.32 Å². The van der Waals surface area contributed by atoms with E-state index in [0.29, 0.717) is 43.7 Å². The number of amides is 1. The van der Waals surface area contributed by atoms with Crippen LogP contribution in [0.2, 0.25) is 0 Å². The van der Waals surface area contributed by atoms with Gasteiger partial charge in [0.15, 0.2) is 0 Å². The number of nitrogens with zero attached hydrogens (tertiary/aromatic N) is 1. The van der Waals surface area contributed by atoms with E-state index in [-0.39, 0.29) is 16.8 Å². The quantitative estimate of drug-likeness (QED) is 0.852. The van der Waals surface area contributed by atoms with Crippen molar-refractivity contribution in [1.82, 2.24) is 9.62 Å². The van der Waals surface area contributed by atoms with E-state index in [1.807, 2.05) is 6.92 Å². The molecule has 1 N–H and O–H groups in total. The Labute approximate surface area is 162 Å². The number of carbonyl (C=O) groups is 1. The maximum Gasteiger partial charge on any atom is 0.251 e. The largest absolute Gasteiger partial charge is 0.379 e. The number of nitrogens with one attached hydrogen (secondary N) is 1. The first-order chi connectivity index (χ1) is 12.8. The summed E-state index contributed by atoms with van der Waals surface area (Å²) in [5.74, 6) is 0.818. The summed E-state index contributed by atoms with van der Waals surface area (Å²) >= 11 is 0. The number of hydrogen-bond acceptors (Lipinski definition) is 4. The van der Waals surface area contributed by atoms with Crippen molar-refractivity contribution >= 4 is 15.9 Å². The molecule has 1 amide bonds. The number of morpholine rings is 1. The van der Waals surface area contributed by atoms with Gasteiger partial charge >= 0.3 is 0 Å². The number of benzene rings is 1. The Morgan fingerprint density at radius 1 is 1.19 bits per heavy atom. The van der Waals surface area contributed by atoms with E-state index in [1.54, 1.807) is 12.1 Å². The molecule has 0 bridgehead atoms. The van der Waals surface area contributed by atoms with Gasteiger partial charge in [0.1, 0.15) is 0 Å². The SMILES string of the molecule is Cc1ccc(S(=O)(=O)N2CCOCC2)cc1C(=O)N[C@@H]1CCC[C@@H](C)[C@H]1C. The highest BCUT2D eigenvalue weighted by molar-refractivity contribution is 7.89. The summed E-state index contributed by atoms with van der Waals surface area (Å²) in [5, 5.41) is 3.15. The number of sulfonamides is 1. The summed E-state index contributed by atoms with van der Waals surface area (Å²) in [6, 6.07) is 4.96. The summed E-state index contributed by atoms with van der Waals surface area (Å²) in [6.45, 7) is 7.73. The van der Waals surface area contributed by atoms with Gasteiger partial charge in [-0.3, -0.25) is 4.79 Å². The molecule has 1 heterocycles. The Balaban J connectivity index is 1.81. The van der Waals surface area contributed by atoms with E-state index in [1.165, 1.54) is 16.8 Å². The normalized spacial score (nSPS) is 27.3. The van der Waals surface area contributed by atoms with Crippen LogP contribution in [0.15, 0.2) is 23.1 Å². The first kappa shape index (κ1) is 20.3. The smallest absolute Gasteiger partial charge is 0.251 e. The van der Waals surface area contributed by atoms with Crippen LogP contribution in [0.4, 0.5) is 0 Å². The second-order valence-corrected chi connectivity index (χ2v) is 9.78. The van der Waals surface area contributed by atoms with E-state index in [4.69, 9.17) is 4.74 Å². The van der Waals surface area contributed by atoms with Crippen molar-refractivity contribution in [3.05, 3.63) is 29.3 Å². The number of rotatable bonds is 4. The summed E-state index contributed by atoms with van der Waals surface area (Å²) in [5.41, 5.74) is 1.22. The lowest BCUT2D eigenvalue weighted by molar-refractivity contribution is 0.0730. The maximum atomic E-state index is 12.9. The zero-order chi connectivity index (χ0) is 19.6. The van der Waals surface area contributed by atoms with Crippen molar-refractivity contribution in [2.75, 3.05) is 26.3 Å². The summed E-state index contributed by atoms with van der Waals surface area (Å²) in [4.78, 5) is 13.1. The molecule has 1 aromatic carbocycles. The minimum atomic E-state index is -3.61. The van der Waals surface area contributed by atoms with E-state index in [9.17, 15) is 13.2 Å². The highest BCUT2D eigenvalue weighted by Crippen LogP contribution is 2.30. The van der Waals surface area contributed by atoms with Crippen LogP contribution in [0.25, 0.3) is 0 Å². The molecule has 0 radical (unpaired) electrons. The molecule has 150 valence electrons. The Kier molecular flexibility index (Phi) is 6.23. The minimum absolute atomic E-state index is 0.139. The highest BCUT2D eigenvalue weighted by atomic mass is 32.2. The highest BCUT2D eigenvalue weighted by Gasteiger charge is 2.30. The van der Waals surface area contributed by atoms with Gasteiger partial charge in [0.2, 0.25) is 10.0 Å². The molecule has 7 heteroatoms. The zero-order valence-corrected chi connectivity index (χ0v) is 17.2. The lowest BCUT2D eigenvalue weighted by Crippen LogP contribution is -2.44. The van der Waals surface area contributed by atoms with Gasteiger partial charge in [-0.1, -0.05) is 32.8 Å². The van der Waals surface area contributed by atoms with Gasteiger partial charge in [-0.2, -0.15) is 4.31 Å². The molecule has 0 aromatic heterocycles. The fraction of sp³-hybridized carbons (Fsp3) is 0.650. The maximum absolute atomic E-state index is 12.9. The Hall–Kier alpha value is -1.44. The van der Waals surface area contributed by atoms with Crippen molar-refractivity contribution < 1.29 is 17.9 Å². The number of aryl methyl sites for hydroxylation is 1. The van der Waals surface area contributed by atoms with Gasteiger partial charge in [0, 0.05) is 24.7 Å². The van der Waals surface area contributed by atoms with Crippen LogP contribution >= 0.6 is 0 Å². The van der Waals surface area contributed by atoms with E-state index < -0.39 is 10.0 Å². The molecule has 27 heavy (non-hydrogen) atoms. The van der Waals surface area contributed by atoms with E-state index in [2.05, 4.69) is 19.2 Å². The molecule has 0 spiro atoms. The molecular weight excluding hydrogens is 364 g/mol. The van der Waals surface area contributed by atoms with Gasteiger partial charge in [0.05, 0.1) is 18.1 Å². The molecule has 1 saturated carbocycles. The zero-order valence-electron chi connectivity index (χ0n) is 16.4. The summed E-state index contributed by atoms with van der Waals surface area (Å²) < 4.78 is 32.5. The van der Waals surface area contributed by atoms with Crippen molar-refractivity contribution in [3.8, 4) is 0 Å². The fourth-order valence-electron chi connectivity index (χ4n) is 3.97. The second kappa shape index (κ2) is 8.29. The third-order valence-electron chi connectivity index (χ3n) is 6.08. The molecule has 3 atom stereocenters. The molecule has 1 aliphatic heterocycles. The predicted octanol–water partition coefficient (Wildman–Crippen LogP) is 2.57. The first-order valence-electron chi connectivity index (χ1n) is 9.80. The molecule has 1 aromatic rings. The molecule has 1 saturated heterocycles. The van der Waals surface area contributed by atoms with Crippen LogP contribution in [0.5, 0.6) is 0 Å². The third kappa shape index (κ3) is 4.36. The summed E-state index contributed by atoms with van der Waals surface area (Å²) in [6.07, 6.45) is 3.28. The van der Waals surface area contributed by atoms with Gasteiger partial charge in [-0.25, -0.2) is 8.42 Å². The second-order valence-electron chi connectivity index (χ2n) is 7.84. The van der Waals surface area contributed by atoms with Gasteiger partial charge in [-0.05, 0) is 42.9 Å². The predicted molar refractivity (Wildman–Crippen MR) is 104 cm³/mol. The Bertz CT molecular complexity index is 787. The lowest BCUT2D eigenvalue weighted by Gasteiger charge is -2.34. The minimum Gasteiger partial charge on any atom is -0.379 e. The summed E-state index contributed by atoms with van der Waals surface area (Å²) in [7, 11) is -3.61. The third-order valence-corrected chi connectivity index (χ3v) is 7.98. The van der Waals surface area contributed by atoms with Crippen molar-refractivity contribution in [1.29, 1.82) is 0 Å². The van der Waals surface area contributed by atoms with E-state index >= 15 is 0 Å². The van der Waals surface area contributed by atoms with Gasteiger partial charge in [0.25, 0.3) is 5.91 Å². The number of carbonyl (C=O) groups excluding carboxylic acids is 1. The number of hydrogen-bond donors (Lipinski definition) is 1. The standard InChI is InChI=1S/C20H30N2O4S/c1-14-5-4-6-19(16(14)3)21-20(23)18-13-17(8-7-15(18)2)27(24,25)22-9-11-26-12-10-22/h7-8,13-14,16,19H,4-6,9-12H2,1-3H3,(H,21,23)/t14-,16-,19-/m1/s1. The lowest BCUT2D eigenvalue weighted by atomic mass is 9.78. The average Bonchev–Trinajstić information content (AvgIpc) is 2.66. The molecule has 2 fully saturated rings. The molecule has 1 aliphatic carbocycles. The molecule has 6 nitrogen and oxygen atoms in total. The first-order valence-corrected chi connectivity index (χ1v) is 11.2.